The number of alkyl halides is 3. The molecule has 7 nitrogen and oxygen atoms in total. The smallest absolute Gasteiger partial charge is 0.388 e. The number of aliphatic hydroxyl groups is 1. The van der Waals surface area contributed by atoms with Crippen LogP contribution in [0.15, 0.2) is 48.5 Å². The first kappa shape index (κ1) is 23.7. The molecule has 0 aromatic heterocycles. The van der Waals surface area contributed by atoms with Crippen LogP contribution in [0.5, 0.6) is 0 Å². The number of nitrogens with zero attached hydrogens (tertiary/aromatic N) is 2. The zero-order valence-electron chi connectivity index (χ0n) is 18.0. The van der Waals surface area contributed by atoms with E-state index < -0.39 is 60.6 Å². The van der Waals surface area contributed by atoms with Crippen molar-refractivity contribution in [3.63, 3.8) is 0 Å². The van der Waals surface area contributed by atoms with E-state index in [1.54, 1.807) is 24.3 Å². The van der Waals surface area contributed by atoms with Crippen molar-refractivity contribution < 1.29 is 37.1 Å². The van der Waals surface area contributed by atoms with Gasteiger partial charge in [-0.15, -0.1) is 0 Å². The molecule has 0 radical (unpaired) electrons. The number of fused-ring (bicyclic) bond motifs is 2. The van der Waals surface area contributed by atoms with Crippen LogP contribution < -0.4 is 5.32 Å². The minimum absolute atomic E-state index is 0.153. The van der Waals surface area contributed by atoms with Crippen LogP contribution in [-0.4, -0.2) is 51.5 Å². The van der Waals surface area contributed by atoms with E-state index in [2.05, 4.69) is 5.32 Å². The Balaban J connectivity index is 1.60. The SMILES string of the molecule is C[C@H](N(Cc1ccc(F)cc1)C(=O)CN1C(=O)NC2(CC(O)c3ccccc32)C1=O)C(F)(F)F. The summed E-state index contributed by atoms with van der Waals surface area (Å²) in [6, 6.07) is 7.91. The average molecular weight is 479 g/mol. The molecule has 0 saturated carbocycles. The van der Waals surface area contributed by atoms with Gasteiger partial charge in [0.05, 0.1) is 6.10 Å². The average Bonchev–Trinajstić information content (AvgIpc) is 3.20. The van der Waals surface area contributed by atoms with Gasteiger partial charge in [-0.2, -0.15) is 13.2 Å². The van der Waals surface area contributed by atoms with Crippen LogP contribution in [0, 0.1) is 5.82 Å². The largest absolute Gasteiger partial charge is 0.408 e. The number of hydrogen-bond donors (Lipinski definition) is 2. The van der Waals surface area contributed by atoms with E-state index in [1.807, 2.05) is 0 Å². The number of carbonyl (C=O) groups is 3. The van der Waals surface area contributed by atoms with Crippen LogP contribution in [0.3, 0.4) is 0 Å². The topological polar surface area (TPSA) is 90.0 Å². The van der Waals surface area contributed by atoms with Crippen molar-refractivity contribution in [3.8, 4) is 0 Å². The normalized spacial score (nSPS) is 22.6. The maximum atomic E-state index is 13.5. The number of halogens is 4. The van der Waals surface area contributed by atoms with Gasteiger partial charge >= 0.3 is 12.2 Å². The molecule has 11 heteroatoms. The van der Waals surface area contributed by atoms with Crippen molar-refractivity contribution in [1.29, 1.82) is 0 Å². The Hall–Kier alpha value is -3.47. The summed E-state index contributed by atoms with van der Waals surface area (Å²) >= 11 is 0. The van der Waals surface area contributed by atoms with Gasteiger partial charge in [-0.05, 0) is 35.7 Å². The van der Waals surface area contributed by atoms with Gasteiger partial charge in [0.2, 0.25) is 5.91 Å². The Morgan fingerprint density at radius 1 is 1.21 bits per heavy atom. The van der Waals surface area contributed by atoms with Crippen molar-refractivity contribution in [2.24, 2.45) is 0 Å². The van der Waals surface area contributed by atoms with E-state index in [0.717, 1.165) is 19.1 Å². The van der Waals surface area contributed by atoms with Crippen molar-refractivity contribution in [1.82, 2.24) is 15.1 Å². The highest BCUT2D eigenvalue weighted by Crippen LogP contribution is 2.46. The lowest BCUT2D eigenvalue weighted by Gasteiger charge is -2.32. The number of aliphatic hydroxyl groups excluding tert-OH is 1. The van der Waals surface area contributed by atoms with Crippen molar-refractivity contribution in [2.45, 2.75) is 43.8 Å². The quantitative estimate of drug-likeness (QED) is 0.510. The molecule has 4 rings (SSSR count). The van der Waals surface area contributed by atoms with Gasteiger partial charge in [0.25, 0.3) is 5.91 Å². The summed E-state index contributed by atoms with van der Waals surface area (Å²) < 4.78 is 53.7. The van der Waals surface area contributed by atoms with Gasteiger partial charge in [-0.25, -0.2) is 9.18 Å². The molecule has 1 saturated heterocycles. The lowest BCUT2D eigenvalue weighted by molar-refractivity contribution is -0.187. The van der Waals surface area contributed by atoms with Crippen molar-refractivity contribution >= 4 is 17.8 Å². The third kappa shape index (κ3) is 4.00. The Morgan fingerprint density at radius 2 is 1.85 bits per heavy atom. The minimum atomic E-state index is -4.78. The van der Waals surface area contributed by atoms with E-state index in [1.165, 1.54) is 12.1 Å². The van der Waals surface area contributed by atoms with E-state index >= 15 is 0 Å². The van der Waals surface area contributed by atoms with Gasteiger partial charge in [-0.1, -0.05) is 36.4 Å². The maximum absolute atomic E-state index is 13.5. The summed E-state index contributed by atoms with van der Waals surface area (Å²) in [5.74, 6) is -2.52. The number of benzene rings is 2. The summed E-state index contributed by atoms with van der Waals surface area (Å²) in [5, 5.41) is 12.9. The second kappa shape index (κ2) is 8.39. The second-order valence-corrected chi connectivity index (χ2v) is 8.40. The summed E-state index contributed by atoms with van der Waals surface area (Å²) in [7, 11) is 0. The number of amides is 4. The van der Waals surface area contributed by atoms with Crippen LogP contribution >= 0.6 is 0 Å². The predicted octanol–water partition coefficient (Wildman–Crippen LogP) is 2.99. The number of carbonyl (C=O) groups excluding carboxylic acids is 3. The summed E-state index contributed by atoms with van der Waals surface area (Å²) in [6.07, 6.45) is -5.96. The third-order valence-corrected chi connectivity index (χ3v) is 6.28. The molecule has 4 amide bonds. The molecule has 2 N–H and O–H groups in total. The number of rotatable bonds is 5. The molecule has 2 aliphatic rings. The van der Waals surface area contributed by atoms with E-state index in [0.29, 0.717) is 20.9 Å². The van der Waals surface area contributed by atoms with Gasteiger partial charge in [0, 0.05) is 13.0 Å². The highest BCUT2D eigenvalue weighted by Gasteiger charge is 2.58. The molecule has 180 valence electrons. The third-order valence-electron chi connectivity index (χ3n) is 6.28. The summed E-state index contributed by atoms with van der Waals surface area (Å²) in [5.41, 5.74) is -0.520. The molecule has 34 heavy (non-hydrogen) atoms. The molecular weight excluding hydrogens is 458 g/mol. The molecule has 1 aliphatic carbocycles. The monoisotopic (exact) mass is 479 g/mol. The van der Waals surface area contributed by atoms with Crippen molar-refractivity contribution in [2.75, 3.05) is 6.54 Å². The lowest BCUT2D eigenvalue weighted by atomic mass is 9.92. The number of urea groups is 1. The molecule has 2 aromatic rings. The molecule has 0 bridgehead atoms. The standard InChI is InChI=1S/C23H21F4N3O4/c1-13(23(25,26)27)29(11-14-6-8-15(24)9-7-14)19(32)12-30-20(33)22(28-21(30)34)10-18(31)16-4-2-3-5-17(16)22/h2-9,13,18,31H,10-12H2,1H3,(H,28,34)/t13-,18?,22?/m0/s1. The predicted molar refractivity (Wildman–Crippen MR) is 110 cm³/mol. The van der Waals surface area contributed by atoms with Crippen LogP contribution in [0.2, 0.25) is 0 Å². The number of imide groups is 1. The van der Waals surface area contributed by atoms with Gasteiger partial charge < -0.3 is 15.3 Å². The highest BCUT2D eigenvalue weighted by molar-refractivity contribution is 6.10. The summed E-state index contributed by atoms with van der Waals surface area (Å²) in [4.78, 5) is 40.0. The zero-order valence-corrected chi connectivity index (χ0v) is 18.0. The van der Waals surface area contributed by atoms with Crippen LogP contribution in [0.25, 0.3) is 0 Å². The Morgan fingerprint density at radius 3 is 2.50 bits per heavy atom. The molecule has 2 unspecified atom stereocenters. The molecule has 1 fully saturated rings. The van der Waals surface area contributed by atoms with E-state index in [9.17, 15) is 37.1 Å². The molecule has 1 aliphatic heterocycles. The van der Waals surface area contributed by atoms with Crippen molar-refractivity contribution in [3.05, 3.63) is 71.0 Å². The first-order valence-corrected chi connectivity index (χ1v) is 10.5. The fourth-order valence-electron chi connectivity index (χ4n) is 4.41. The van der Waals surface area contributed by atoms with Gasteiger partial charge in [0.1, 0.15) is 23.9 Å². The van der Waals surface area contributed by atoms with Gasteiger partial charge in [-0.3, -0.25) is 14.5 Å². The van der Waals surface area contributed by atoms with Crippen LogP contribution in [0.4, 0.5) is 22.4 Å². The number of nitrogens with one attached hydrogen (secondary N) is 1. The van der Waals surface area contributed by atoms with E-state index in [4.69, 9.17) is 0 Å². The van der Waals surface area contributed by atoms with Crippen LogP contribution in [0.1, 0.15) is 36.1 Å². The summed E-state index contributed by atoms with van der Waals surface area (Å²) in [6.45, 7) is -0.638. The Labute approximate surface area is 192 Å². The molecule has 1 heterocycles. The maximum Gasteiger partial charge on any atom is 0.408 e. The molecule has 2 aromatic carbocycles. The zero-order chi connectivity index (χ0) is 24.8. The minimum Gasteiger partial charge on any atom is -0.388 e. The first-order chi connectivity index (χ1) is 15.9. The highest BCUT2D eigenvalue weighted by atomic mass is 19.4. The van der Waals surface area contributed by atoms with Gasteiger partial charge in [0.15, 0.2) is 0 Å². The Bertz CT molecular complexity index is 1140. The Kier molecular flexibility index (Phi) is 5.84. The fraction of sp³-hybridized carbons (Fsp3) is 0.348. The molecular formula is C23H21F4N3O4. The van der Waals surface area contributed by atoms with Crippen LogP contribution in [-0.2, 0) is 21.7 Å². The number of hydrogen-bond acceptors (Lipinski definition) is 4. The van der Waals surface area contributed by atoms with E-state index in [-0.39, 0.29) is 12.0 Å². The molecule has 3 atom stereocenters. The fourth-order valence-corrected chi connectivity index (χ4v) is 4.41. The first-order valence-electron chi connectivity index (χ1n) is 10.5. The molecule has 1 spiro atoms. The lowest BCUT2D eigenvalue weighted by Crippen LogP contribution is -2.51. The second-order valence-electron chi connectivity index (χ2n) is 8.40.